The maximum absolute atomic E-state index is 4.15. The fourth-order valence-corrected chi connectivity index (χ4v) is 1.58. The van der Waals surface area contributed by atoms with Crippen LogP contribution in [-0.2, 0) is 0 Å². The van der Waals surface area contributed by atoms with Gasteiger partial charge in [0.25, 0.3) is 0 Å². The smallest absolute Gasteiger partial charge is 0.0202 e. The Morgan fingerprint density at radius 2 is 1.88 bits per heavy atom. The Bertz CT molecular complexity index is 201. The summed E-state index contributed by atoms with van der Waals surface area (Å²) in [6, 6.07) is 0. The lowest BCUT2D eigenvalue weighted by molar-refractivity contribution is 0.273. The van der Waals surface area contributed by atoms with Crippen molar-refractivity contribution < 1.29 is 0 Å². The van der Waals surface area contributed by atoms with E-state index >= 15 is 0 Å². The lowest BCUT2D eigenvalue weighted by Crippen LogP contribution is -2.39. The van der Waals surface area contributed by atoms with Crippen LogP contribution in [0.1, 0.15) is 41.5 Å². The van der Waals surface area contributed by atoms with Crippen molar-refractivity contribution in [1.29, 1.82) is 0 Å². The molecule has 0 aromatic carbocycles. The number of hydrogen-bond donors (Lipinski definition) is 1. The molecule has 0 saturated carbocycles. The molecule has 0 atom stereocenters. The van der Waals surface area contributed by atoms with Crippen LogP contribution in [0.2, 0.25) is 0 Å². The first kappa shape index (κ1) is 15.7. The van der Waals surface area contributed by atoms with E-state index in [0.717, 1.165) is 32.1 Å². The van der Waals surface area contributed by atoms with Gasteiger partial charge in [0.05, 0.1) is 0 Å². The largest absolute Gasteiger partial charge is 0.308 e. The molecule has 1 N–H and O–H groups in total. The van der Waals surface area contributed by atoms with E-state index in [1.54, 1.807) is 0 Å². The summed E-state index contributed by atoms with van der Waals surface area (Å²) in [6.45, 7) is 21.6. The molecule has 0 radical (unpaired) electrons. The lowest BCUT2D eigenvalue weighted by atomic mass is 10.1. The monoisotopic (exact) mass is 226 g/mol. The van der Waals surface area contributed by atoms with E-state index in [4.69, 9.17) is 0 Å². The zero-order valence-electron chi connectivity index (χ0n) is 12.1. The van der Waals surface area contributed by atoms with Gasteiger partial charge in [-0.25, -0.2) is 0 Å². The van der Waals surface area contributed by atoms with Crippen LogP contribution in [0.25, 0.3) is 0 Å². The van der Waals surface area contributed by atoms with Gasteiger partial charge in [-0.05, 0) is 38.8 Å². The first-order valence-electron chi connectivity index (χ1n) is 6.38. The van der Waals surface area contributed by atoms with Crippen LogP contribution in [0.5, 0.6) is 0 Å². The van der Waals surface area contributed by atoms with Crippen molar-refractivity contribution in [2.75, 3.05) is 26.2 Å². The van der Waals surface area contributed by atoms with Gasteiger partial charge in [-0.2, -0.15) is 0 Å². The van der Waals surface area contributed by atoms with Crippen molar-refractivity contribution in [3.8, 4) is 0 Å². The third-order valence-corrected chi connectivity index (χ3v) is 2.39. The van der Waals surface area contributed by atoms with Gasteiger partial charge >= 0.3 is 0 Å². The topological polar surface area (TPSA) is 15.3 Å². The zero-order valence-corrected chi connectivity index (χ0v) is 12.1. The number of nitrogens with one attached hydrogen (secondary N) is 1. The van der Waals surface area contributed by atoms with Gasteiger partial charge in [0.15, 0.2) is 0 Å². The predicted octanol–water partition coefficient (Wildman–Crippen LogP) is 2.91. The predicted molar refractivity (Wildman–Crippen MR) is 73.8 cm³/mol. The second kappa shape index (κ2) is 7.08. The molecule has 0 heterocycles. The average Bonchev–Trinajstić information content (AvgIpc) is 2.12. The number of rotatable bonds is 7. The van der Waals surface area contributed by atoms with Crippen LogP contribution in [-0.4, -0.2) is 36.6 Å². The maximum Gasteiger partial charge on any atom is 0.0202 e. The molecule has 0 aliphatic carbocycles. The van der Waals surface area contributed by atoms with Crippen LogP contribution in [0.3, 0.4) is 0 Å². The van der Waals surface area contributed by atoms with Crippen LogP contribution >= 0.6 is 0 Å². The quantitative estimate of drug-likeness (QED) is 0.672. The summed E-state index contributed by atoms with van der Waals surface area (Å²) in [4.78, 5) is 2.46. The molecule has 0 spiro atoms. The van der Waals surface area contributed by atoms with Gasteiger partial charge in [0.2, 0.25) is 0 Å². The van der Waals surface area contributed by atoms with Gasteiger partial charge < -0.3 is 5.32 Å². The minimum atomic E-state index is 0.179. The fourth-order valence-electron chi connectivity index (χ4n) is 1.58. The zero-order chi connectivity index (χ0) is 12.8. The molecule has 2 heteroatoms. The molecule has 2 nitrogen and oxygen atoms in total. The minimum absolute atomic E-state index is 0.179. The van der Waals surface area contributed by atoms with Crippen molar-refractivity contribution in [3.05, 3.63) is 12.2 Å². The first-order chi connectivity index (χ1) is 7.24. The molecule has 0 aliphatic rings. The van der Waals surface area contributed by atoms with E-state index in [9.17, 15) is 0 Å². The third-order valence-electron chi connectivity index (χ3n) is 2.39. The van der Waals surface area contributed by atoms with Gasteiger partial charge in [-0.1, -0.05) is 27.4 Å². The highest BCUT2D eigenvalue weighted by Crippen LogP contribution is 2.04. The highest BCUT2D eigenvalue weighted by molar-refractivity contribution is 5.01. The molecule has 96 valence electrons. The Labute approximate surface area is 102 Å². The molecule has 0 bridgehead atoms. The molecular formula is C14H30N2. The summed E-state index contributed by atoms with van der Waals surface area (Å²) in [5, 5.41) is 3.48. The Morgan fingerprint density at radius 3 is 2.25 bits per heavy atom. The standard InChI is InChI=1S/C14H30N2/c1-8-16(10-12(2)3)11-13(4)9-15-14(5,6)7/h12,15H,4,8-11H2,1-3,5-7H3. The molecule has 0 rings (SSSR count). The van der Waals surface area contributed by atoms with E-state index in [1.807, 2.05) is 0 Å². The molecule has 0 unspecified atom stereocenters. The van der Waals surface area contributed by atoms with Crippen molar-refractivity contribution in [3.63, 3.8) is 0 Å². The number of nitrogens with zero attached hydrogens (tertiary/aromatic N) is 1. The van der Waals surface area contributed by atoms with Crippen molar-refractivity contribution in [1.82, 2.24) is 10.2 Å². The van der Waals surface area contributed by atoms with Gasteiger partial charge in [-0.15, -0.1) is 0 Å². The SMILES string of the molecule is C=C(CNC(C)(C)C)CN(CC)CC(C)C. The second-order valence-corrected chi connectivity index (χ2v) is 6.08. The first-order valence-corrected chi connectivity index (χ1v) is 6.38. The second-order valence-electron chi connectivity index (χ2n) is 6.08. The normalized spacial score (nSPS) is 12.5. The van der Waals surface area contributed by atoms with Crippen molar-refractivity contribution in [2.24, 2.45) is 5.92 Å². The average molecular weight is 226 g/mol. The Balaban J connectivity index is 3.92. The van der Waals surface area contributed by atoms with E-state index in [1.165, 1.54) is 5.57 Å². The molecule has 0 fully saturated rings. The van der Waals surface area contributed by atoms with E-state index < -0.39 is 0 Å². The number of likely N-dealkylation sites (N-methyl/N-ethyl adjacent to an activating group) is 1. The summed E-state index contributed by atoms with van der Waals surface area (Å²) < 4.78 is 0. The van der Waals surface area contributed by atoms with E-state index in [0.29, 0.717) is 0 Å². The molecule has 0 aliphatic heterocycles. The molecule has 0 aromatic rings. The maximum atomic E-state index is 4.15. The summed E-state index contributed by atoms with van der Waals surface area (Å²) in [6.07, 6.45) is 0. The minimum Gasteiger partial charge on any atom is -0.308 e. The summed E-state index contributed by atoms with van der Waals surface area (Å²) in [5.74, 6) is 0.725. The van der Waals surface area contributed by atoms with Crippen LogP contribution in [0.4, 0.5) is 0 Å². The Kier molecular flexibility index (Phi) is 6.93. The summed E-state index contributed by atoms with van der Waals surface area (Å²) in [5.41, 5.74) is 1.45. The van der Waals surface area contributed by atoms with Gasteiger partial charge in [0, 0.05) is 25.2 Å². The van der Waals surface area contributed by atoms with Crippen LogP contribution < -0.4 is 5.32 Å². The highest BCUT2D eigenvalue weighted by Gasteiger charge is 2.11. The highest BCUT2D eigenvalue weighted by atomic mass is 15.1. The van der Waals surface area contributed by atoms with Crippen molar-refractivity contribution >= 4 is 0 Å². The van der Waals surface area contributed by atoms with Crippen LogP contribution in [0.15, 0.2) is 12.2 Å². The summed E-state index contributed by atoms with van der Waals surface area (Å²) in [7, 11) is 0. The molecule has 0 aromatic heterocycles. The molecule has 0 amide bonds. The fraction of sp³-hybridized carbons (Fsp3) is 0.857. The van der Waals surface area contributed by atoms with Gasteiger partial charge in [-0.3, -0.25) is 4.90 Å². The van der Waals surface area contributed by atoms with Gasteiger partial charge in [0.1, 0.15) is 0 Å². The van der Waals surface area contributed by atoms with E-state index in [2.05, 4.69) is 58.3 Å². The Morgan fingerprint density at radius 1 is 1.31 bits per heavy atom. The van der Waals surface area contributed by atoms with Crippen molar-refractivity contribution in [2.45, 2.75) is 47.1 Å². The van der Waals surface area contributed by atoms with Crippen LogP contribution in [0, 0.1) is 5.92 Å². The molecule has 16 heavy (non-hydrogen) atoms. The third kappa shape index (κ3) is 8.93. The lowest BCUT2D eigenvalue weighted by Gasteiger charge is -2.26. The molecule has 0 saturated heterocycles. The Hall–Kier alpha value is -0.340. The number of hydrogen-bond acceptors (Lipinski definition) is 2. The molecular weight excluding hydrogens is 196 g/mol. The summed E-state index contributed by atoms with van der Waals surface area (Å²) >= 11 is 0. The van der Waals surface area contributed by atoms with E-state index in [-0.39, 0.29) is 5.54 Å².